The number of fused-ring (bicyclic) bond motifs is 15. The molecule has 2 bridgehead atoms. The molecule has 6 amide bonds. The van der Waals surface area contributed by atoms with Crippen LogP contribution in [0.5, 0.6) is 5.75 Å². The van der Waals surface area contributed by atoms with Crippen molar-refractivity contribution in [2.24, 2.45) is 0 Å². The molecule has 4 aliphatic rings. The highest BCUT2D eigenvalue weighted by atomic mass is 16.5. The average molecular weight is 695 g/mol. The van der Waals surface area contributed by atoms with E-state index in [1.54, 1.807) is 53.4 Å². The minimum atomic E-state index is -1.08. The Morgan fingerprint density at radius 2 is 1.61 bits per heavy atom. The fourth-order valence-electron chi connectivity index (χ4n) is 6.22. The number of rotatable bonds is 5. The van der Waals surface area contributed by atoms with Gasteiger partial charge in [-0.05, 0) is 73.7 Å². The number of ether oxygens (including phenoxy) is 1. The maximum Gasteiger partial charge on any atom is 0.251 e. The van der Waals surface area contributed by atoms with Crippen LogP contribution in [0.25, 0.3) is 0 Å². The van der Waals surface area contributed by atoms with Crippen LogP contribution in [-0.2, 0) is 36.8 Å². The number of hydrogen-bond acceptors (Lipinski definition) is 7. The van der Waals surface area contributed by atoms with Gasteiger partial charge in [0.1, 0.15) is 36.0 Å². The van der Waals surface area contributed by atoms with Crippen LogP contribution in [-0.4, -0.2) is 78.8 Å². The molecule has 3 aliphatic heterocycles. The Kier molecular flexibility index (Phi) is 10.6. The number of hydrogen-bond donors (Lipinski definition) is 5. The molecule has 0 aromatic heterocycles. The summed E-state index contributed by atoms with van der Waals surface area (Å²) in [5.41, 5.74) is 1.45. The van der Waals surface area contributed by atoms with E-state index in [0.717, 1.165) is 17.5 Å². The molecule has 3 aromatic rings. The topological polar surface area (TPSA) is 175 Å². The first-order valence-electron chi connectivity index (χ1n) is 17.3. The largest absolute Gasteiger partial charge is 0.492 e. The van der Waals surface area contributed by atoms with Crippen molar-refractivity contribution in [3.8, 4) is 5.75 Å². The van der Waals surface area contributed by atoms with Crippen LogP contribution in [0.1, 0.15) is 54.1 Å². The van der Waals surface area contributed by atoms with Crippen LogP contribution < -0.4 is 36.2 Å². The maximum absolute atomic E-state index is 13.8. The van der Waals surface area contributed by atoms with Crippen LogP contribution in [0.15, 0.2) is 78.9 Å². The first kappa shape index (κ1) is 35.1. The Morgan fingerprint density at radius 1 is 0.882 bits per heavy atom. The molecule has 13 heteroatoms. The number of nitrogens with one attached hydrogen (secondary N) is 5. The number of benzene rings is 3. The Bertz CT molecular complexity index is 1780. The van der Waals surface area contributed by atoms with Gasteiger partial charge < -0.3 is 36.2 Å². The molecule has 7 rings (SSSR count). The van der Waals surface area contributed by atoms with Gasteiger partial charge >= 0.3 is 0 Å². The van der Waals surface area contributed by atoms with Gasteiger partial charge in [0.15, 0.2) is 0 Å². The van der Waals surface area contributed by atoms with E-state index in [1.165, 1.54) is 6.92 Å². The molecule has 3 atom stereocenters. The Balaban J connectivity index is 1.22. The molecule has 51 heavy (non-hydrogen) atoms. The second kappa shape index (κ2) is 15.4. The third-order valence-electron chi connectivity index (χ3n) is 9.37. The fraction of sp³-hybridized carbons (Fsp3) is 0.368. The highest BCUT2D eigenvalue weighted by Crippen LogP contribution is 2.35. The summed E-state index contributed by atoms with van der Waals surface area (Å²) >= 11 is 0. The summed E-state index contributed by atoms with van der Waals surface area (Å²) in [7, 11) is 0. The number of carbonyl (C=O) groups excluding carboxylic acids is 6. The molecule has 2 fully saturated rings. The smallest absolute Gasteiger partial charge is 0.251 e. The molecule has 0 unspecified atom stereocenters. The minimum Gasteiger partial charge on any atom is -0.492 e. The van der Waals surface area contributed by atoms with Crippen LogP contribution >= 0.6 is 0 Å². The summed E-state index contributed by atoms with van der Waals surface area (Å²) in [5, 5.41) is 14.0. The summed E-state index contributed by atoms with van der Waals surface area (Å²) in [5.74, 6) is -1.97. The monoisotopic (exact) mass is 694 g/mol. The summed E-state index contributed by atoms with van der Waals surface area (Å²) in [6, 6.07) is 19.6. The van der Waals surface area contributed by atoms with Gasteiger partial charge in [0.05, 0.1) is 6.54 Å². The van der Waals surface area contributed by atoms with Crippen molar-refractivity contribution in [1.29, 1.82) is 0 Å². The number of amides is 6. The van der Waals surface area contributed by atoms with E-state index in [0.29, 0.717) is 42.8 Å². The normalized spacial score (nSPS) is 22.6. The highest BCUT2D eigenvalue weighted by molar-refractivity contribution is 6.00. The number of anilines is 1. The zero-order chi connectivity index (χ0) is 36.0. The van der Waals surface area contributed by atoms with Gasteiger partial charge in [-0.1, -0.05) is 42.5 Å². The lowest BCUT2D eigenvalue weighted by molar-refractivity contribution is -0.134. The third-order valence-corrected chi connectivity index (χ3v) is 9.37. The van der Waals surface area contributed by atoms with Crippen molar-refractivity contribution >= 4 is 41.1 Å². The van der Waals surface area contributed by atoms with Crippen molar-refractivity contribution in [3.05, 3.63) is 95.6 Å². The molecule has 3 aromatic carbocycles. The van der Waals surface area contributed by atoms with Crippen LogP contribution in [0.4, 0.5) is 5.69 Å². The van der Waals surface area contributed by atoms with E-state index in [1.807, 2.05) is 30.3 Å². The van der Waals surface area contributed by atoms with E-state index in [-0.39, 0.29) is 37.8 Å². The van der Waals surface area contributed by atoms with Gasteiger partial charge in [-0.15, -0.1) is 0 Å². The molecule has 0 radical (unpaired) electrons. The lowest BCUT2D eigenvalue weighted by Gasteiger charge is -2.25. The molecule has 1 saturated heterocycles. The van der Waals surface area contributed by atoms with Crippen LogP contribution in [0, 0.1) is 0 Å². The summed E-state index contributed by atoms with van der Waals surface area (Å²) in [4.78, 5) is 81.3. The quantitative estimate of drug-likeness (QED) is 0.252. The molecule has 5 N–H and O–H groups in total. The zero-order valence-electron chi connectivity index (χ0n) is 28.4. The molecule has 13 nitrogen and oxygen atoms in total. The maximum atomic E-state index is 13.8. The fourth-order valence-corrected chi connectivity index (χ4v) is 6.22. The van der Waals surface area contributed by atoms with Crippen molar-refractivity contribution in [2.75, 3.05) is 24.6 Å². The Morgan fingerprint density at radius 3 is 2.27 bits per heavy atom. The van der Waals surface area contributed by atoms with Gasteiger partial charge in [0.25, 0.3) is 5.91 Å². The summed E-state index contributed by atoms with van der Waals surface area (Å²) in [6.45, 7) is 2.52. The lowest BCUT2D eigenvalue weighted by Crippen LogP contribution is -2.59. The molecule has 3 heterocycles. The van der Waals surface area contributed by atoms with Gasteiger partial charge in [-0.3, -0.25) is 28.8 Å². The summed E-state index contributed by atoms with van der Waals surface area (Å²) in [6.07, 6.45) is 2.44. The molecule has 1 saturated carbocycles. The average Bonchev–Trinajstić information content (AvgIpc) is 3.79. The Hall–Kier alpha value is -5.72. The van der Waals surface area contributed by atoms with Gasteiger partial charge in [-0.25, -0.2) is 0 Å². The second-order valence-corrected chi connectivity index (χ2v) is 13.2. The molecule has 266 valence electrons. The van der Waals surface area contributed by atoms with Crippen LogP contribution in [0.3, 0.4) is 0 Å². The predicted molar refractivity (Wildman–Crippen MR) is 188 cm³/mol. The first-order chi connectivity index (χ1) is 24.6. The van der Waals surface area contributed by atoms with Gasteiger partial charge in [0.2, 0.25) is 29.5 Å². The lowest BCUT2D eigenvalue weighted by atomic mass is 10.0. The van der Waals surface area contributed by atoms with Gasteiger partial charge in [0, 0.05) is 37.1 Å². The standard InChI is InChI=1S/C38H42N6O7/c1-24-33(46)41-31(22-25-6-3-2-4-7-25)36(49)43-38(17-18-38)37(50)39-19-21-51-29-15-9-26(10-16-29)23-30(35(48)40-24)42-34(47)27-11-13-28(14-12-27)44-20-5-8-32(44)45/h2-4,6-7,9-16,24,30-31H,5,8,17-23H2,1H3,(H,39,50)(H,40,48)(H,41,46)(H,42,47)(H,43,49)/t24-,30-,31+/m0/s1. The van der Waals surface area contributed by atoms with Crippen molar-refractivity contribution in [3.63, 3.8) is 0 Å². The SMILES string of the molecule is C[C@@H]1NC(=O)[C@@H](NC(=O)c2ccc(N3CCCC3=O)cc2)Cc2ccc(cc2)OCCNC(=O)C2(CC2)NC(=O)[C@@H](Cc2ccccc2)NC1=O. The molecule has 1 spiro atoms. The number of nitrogens with zero attached hydrogens (tertiary/aromatic N) is 1. The first-order valence-corrected chi connectivity index (χ1v) is 17.3. The van der Waals surface area contributed by atoms with E-state index < -0.39 is 47.3 Å². The van der Waals surface area contributed by atoms with E-state index in [9.17, 15) is 28.8 Å². The van der Waals surface area contributed by atoms with Crippen molar-refractivity contribution in [1.82, 2.24) is 26.6 Å². The highest BCUT2D eigenvalue weighted by Gasteiger charge is 2.51. The minimum absolute atomic E-state index is 0.0346. The molecular weight excluding hydrogens is 652 g/mol. The summed E-state index contributed by atoms with van der Waals surface area (Å²) < 4.78 is 5.81. The van der Waals surface area contributed by atoms with E-state index in [4.69, 9.17) is 4.74 Å². The number of carbonyl (C=O) groups is 6. The predicted octanol–water partition coefficient (Wildman–Crippen LogP) is 1.54. The molecular formula is C38H42N6O7. The second-order valence-electron chi connectivity index (χ2n) is 13.2. The van der Waals surface area contributed by atoms with Crippen molar-refractivity contribution in [2.45, 2.75) is 69.1 Å². The third kappa shape index (κ3) is 8.72. The molecule has 1 aliphatic carbocycles. The van der Waals surface area contributed by atoms with Crippen molar-refractivity contribution < 1.29 is 33.5 Å². The van der Waals surface area contributed by atoms with E-state index >= 15 is 0 Å². The van der Waals surface area contributed by atoms with E-state index in [2.05, 4.69) is 26.6 Å². The van der Waals surface area contributed by atoms with Gasteiger partial charge in [-0.2, -0.15) is 0 Å². The zero-order valence-corrected chi connectivity index (χ0v) is 28.4. The Labute approximate surface area is 295 Å². The van der Waals surface area contributed by atoms with Crippen LogP contribution in [0.2, 0.25) is 0 Å².